The van der Waals surface area contributed by atoms with Crippen molar-refractivity contribution in [2.45, 2.75) is 5.50 Å². The Labute approximate surface area is 40.8 Å². The fourth-order valence-electron chi connectivity index (χ4n) is 0.297. The van der Waals surface area contributed by atoms with Gasteiger partial charge < -0.3 is 11.1 Å². The smallest absolute Gasteiger partial charge is 0.126 e. The topological polar surface area (TPSA) is 38.0 Å². The molecule has 0 radical (unpaired) electrons. The van der Waals surface area contributed by atoms with Crippen LogP contribution in [-0.4, -0.2) is 5.50 Å². The molecule has 1 heterocycles. The van der Waals surface area contributed by atoms with Crippen molar-refractivity contribution < 1.29 is 0 Å². The summed E-state index contributed by atoms with van der Waals surface area (Å²) in [7, 11) is 0. The number of thioether (sulfide) groups is 1. The predicted molar refractivity (Wildman–Crippen MR) is 27.8 cm³/mol. The van der Waals surface area contributed by atoms with Gasteiger partial charge in [0.15, 0.2) is 0 Å². The maximum atomic E-state index is 5.32. The second-order valence-corrected chi connectivity index (χ2v) is 2.08. The first-order valence-corrected chi connectivity index (χ1v) is 2.66. The van der Waals surface area contributed by atoms with E-state index in [0.717, 1.165) is 0 Å². The molecule has 3 heteroatoms. The average molecular weight is 102 g/mol. The van der Waals surface area contributed by atoms with E-state index in [1.165, 1.54) is 0 Å². The summed E-state index contributed by atoms with van der Waals surface area (Å²) in [6.45, 7) is 0. The Hall–Kier alpha value is -0.150. The van der Waals surface area contributed by atoms with Crippen LogP contribution in [0.25, 0.3) is 0 Å². The van der Waals surface area contributed by atoms with Gasteiger partial charge in [-0.3, -0.25) is 0 Å². The van der Waals surface area contributed by atoms with Gasteiger partial charge in [0.2, 0.25) is 0 Å². The fraction of sp³-hybridized carbons (Fsp3) is 0.333. The van der Waals surface area contributed by atoms with E-state index in [-0.39, 0.29) is 5.50 Å². The van der Waals surface area contributed by atoms with Gasteiger partial charge in [-0.15, -0.1) is 0 Å². The van der Waals surface area contributed by atoms with E-state index in [4.69, 9.17) is 5.73 Å². The Morgan fingerprint density at radius 1 is 1.83 bits per heavy atom. The molecule has 0 bridgehead atoms. The van der Waals surface area contributed by atoms with Gasteiger partial charge in [-0.05, 0) is 5.41 Å². The lowest BCUT2D eigenvalue weighted by Crippen LogP contribution is -2.25. The Bertz CT molecular complexity index is 63.2. The van der Waals surface area contributed by atoms with Gasteiger partial charge in [0, 0.05) is 6.20 Å². The van der Waals surface area contributed by atoms with Crippen molar-refractivity contribution in [1.29, 1.82) is 0 Å². The summed E-state index contributed by atoms with van der Waals surface area (Å²) < 4.78 is 0. The number of hydrogen-bond acceptors (Lipinski definition) is 3. The van der Waals surface area contributed by atoms with Crippen molar-refractivity contribution in [3.05, 3.63) is 11.6 Å². The molecular formula is C3H6N2S. The number of rotatable bonds is 0. The second kappa shape index (κ2) is 1.53. The zero-order valence-electron chi connectivity index (χ0n) is 3.22. The van der Waals surface area contributed by atoms with E-state index in [0.29, 0.717) is 0 Å². The molecule has 1 atom stereocenters. The zero-order valence-corrected chi connectivity index (χ0v) is 4.03. The Morgan fingerprint density at radius 3 is 2.83 bits per heavy atom. The van der Waals surface area contributed by atoms with Crippen LogP contribution < -0.4 is 11.1 Å². The Morgan fingerprint density at radius 2 is 2.67 bits per heavy atom. The maximum absolute atomic E-state index is 5.32. The van der Waals surface area contributed by atoms with Crippen LogP contribution in [0.5, 0.6) is 0 Å². The molecule has 0 saturated heterocycles. The van der Waals surface area contributed by atoms with Gasteiger partial charge >= 0.3 is 0 Å². The van der Waals surface area contributed by atoms with E-state index in [9.17, 15) is 0 Å². The third kappa shape index (κ3) is 0.666. The molecule has 0 aromatic carbocycles. The minimum Gasteiger partial charge on any atom is -0.367 e. The van der Waals surface area contributed by atoms with Crippen LogP contribution in [0.2, 0.25) is 0 Å². The quantitative estimate of drug-likeness (QED) is 0.453. The Kier molecular flexibility index (Phi) is 1.03. The van der Waals surface area contributed by atoms with E-state index in [1.807, 2.05) is 11.6 Å². The molecule has 0 spiro atoms. The third-order valence-electron chi connectivity index (χ3n) is 0.554. The third-order valence-corrected chi connectivity index (χ3v) is 1.28. The SMILES string of the molecule is N[C@H]1NC=CS1. The summed E-state index contributed by atoms with van der Waals surface area (Å²) >= 11 is 1.58. The van der Waals surface area contributed by atoms with Crippen LogP contribution in [0, 0.1) is 0 Å². The van der Waals surface area contributed by atoms with Crippen LogP contribution in [0.3, 0.4) is 0 Å². The van der Waals surface area contributed by atoms with Gasteiger partial charge in [-0.2, -0.15) is 0 Å². The van der Waals surface area contributed by atoms with Crippen LogP contribution >= 0.6 is 11.8 Å². The van der Waals surface area contributed by atoms with Gasteiger partial charge in [0.25, 0.3) is 0 Å². The summed E-state index contributed by atoms with van der Waals surface area (Å²) in [5.74, 6) is 0. The van der Waals surface area contributed by atoms with E-state index >= 15 is 0 Å². The lowest BCUT2D eigenvalue weighted by Gasteiger charge is -1.96. The molecule has 3 N–H and O–H groups in total. The normalized spacial score (nSPS) is 30.5. The van der Waals surface area contributed by atoms with E-state index in [1.54, 1.807) is 11.8 Å². The molecule has 0 aliphatic carbocycles. The monoisotopic (exact) mass is 102 g/mol. The molecule has 2 nitrogen and oxygen atoms in total. The molecule has 1 aliphatic rings. The molecule has 0 aromatic rings. The van der Waals surface area contributed by atoms with Crippen LogP contribution in [-0.2, 0) is 0 Å². The lowest BCUT2D eigenvalue weighted by atomic mass is 10.9. The van der Waals surface area contributed by atoms with Crippen molar-refractivity contribution in [3.8, 4) is 0 Å². The highest BCUT2D eigenvalue weighted by molar-refractivity contribution is 8.02. The van der Waals surface area contributed by atoms with Crippen LogP contribution in [0.4, 0.5) is 0 Å². The average Bonchev–Trinajstić information content (AvgIpc) is 1.86. The van der Waals surface area contributed by atoms with Crippen molar-refractivity contribution in [2.75, 3.05) is 0 Å². The molecule has 0 amide bonds. The highest BCUT2D eigenvalue weighted by atomic mass is 32.2. The van der Waals surface area contributed by atoms with Gasteiger partial charge in [-0.25, -0.2) is 0 Å². The van der Waals surface area contributed by atoms with E-state index < -0.39 is 0 Å². The van der Waals surface area contributed by atoms with Gasteiger partial charge in [0.1, 0.15) is 5.50 Å². The van der Waals surface area contributed by atoms with Crippen LogP contribution in [0.1, 0.15) is 0 Å². The largest absolute Gasteiger partial charge is 0.367 e. The van der Waals surface area contributed by atoms with E-state index in [2.05, 4.69) is 5.32 Å². The number of nitrogens with one attached hydrogen (secondary N) is 1. The Balaban J connectivity index is 2.32. The summed E-state index contributed by atoms with van der Waals surface area (Å²) in [6.07, 6.45) is 1.84. The molecular weight excluding hydrogens is 96.1 g/mol. The predicted octanol–water partition coefficient (Wildman–Crippen LogP) is 0.0363. The highest BCUT2D eigenvalue weighted by Gasteiger charge is 1.98. The molecule has 1 rings (SSSR count). The summed E-state index contributed by atoms with van der Waals surface area (Å²) in [6, 6.07) is 0. The molecule has 1 aliphatic heterocycles. The first kappa shape index (κ1) is 4.02. The van der Waals surface area contributed by atoms with Crippen molar-refractivity contribution in [3.63, 3.8) is 0 Å². The van der Waals surface area contributed by atoms with Crippen LogP contribution in [0.15, 0.2) is 11.6 Å². The summed E-state index contributed by atoms with van der Waals surface area (Å²) in [4.78, 5) is 0. The first-order valence-electron chi connectivity index (χ1n) is 1.72. The summed E-state index contributed by atoms with van der Waals surface area (Å²) in [5, 5.41) is 4.81. The standard InChI is InChI=1S/C3H6N2S/c4-3-5-1-2-6-3/h1-3,5H,4H2/t3-/m0/s1. The minimum absolute atomic E-state index is 0.102. The minimum atomic E-state index is 0.102. The summed E-state index contributed by atoms with van der Waals surface area (Å²) in [5.41, 5.74) is 5.43. The lowest BCUT2D eigenvalue weighted by molar-refractivity contribution is 0.837. The van der Waals surface area contributed by atoms with Crippen molar-refractivity contribution >= 4 is 11.8 Å². The second-order valence-electron chi connectivity index (χ2n) is 1.03. The van der Waals surface area contributed by atoms with Crippen molar-refractivity contribution in [2.24, 2.45) is 5.73 Å². The maximum Gasteiger partial charge on any atom is 0.126 e. The molecule has 6 heavy (non-hydrogen) atoms. The van der Waals surface area contributed by atoms with Crippen molar-refractivity contribution in [1.82, 2.24) is 5.32 Å². The first-order chi connectivity index (χ1) is 2.89. The molecule has 0 unspecified atom stereocenters. The van der Waals surface area contributed by atoms with Gasteiger partial charge in [0.05, 0.1) is 0 Å². The van der Waals surface area contributed by atoms with Gasteiger partial charge in [-0.1, -0.05) is 11.8 Å². The zero-order chi connectivity index (χ0) is 4.41. The molecule has 0 fully saturated rings. The molecule has 0 saturated carbocycles. The highest BCUT2D eigenvalue weighted by Crippen LogP contribution is 2.08. The molecule has 0 aromatic heterocycles. The number of hydrogen-bond donors (Lipinski definition) is 2. The molecule has 34 valence electrons. The fourth-order valence-corrected chi connectivity index (χ4v) is 0.781. The number of nitrogens with two attached hydrogens (primary N) is 1.